The Morgan fingerprint density at radius 3 is 2.88 bits per heavy atom. The molecule has 2 rings (SSSR count). The standard InChI is InChI=1S/C10H11ClN2O3.ClH/c11-9-2-1-7(13(14)15)5-8(9)10-6-16-4-3-12-10;/h1-2,5,10,12H,3-4,6H2;1H/t10-;/m0./s1. The number of hydrogen-bond donors (Lipinski definition) is 1. The number of morpholine rings is 1. The minimum absolute atomic E-state index is 0. The molecule has 0 amide bonds. The first kappa shape index (κ1) is 14.2. The van der Waals surface area contributed by atoms with Gasteiger partial charge in [-0.25, -0.2) is 0 Å². The third kappa shape index (κ3) is 3.29. The molecule has 1 N–H and O–H groups in total. The van der Waals surface area contributed by atoms with Crippen molar-refractivity contribution in [2.24, 2.45) is 0 Å². The molecule has 1 saturated heterocycles. The molecule has 0 spiro atoms. The van der Waals surface area contributed by atoms with Gasteiger partial charge in [0.25, 0.3) is 5.69 Å². The van der Waals surface area contributed by atoms with Gasteiger partial charge in [-0.05, 0) is 11.6 Å². The zero-order valence-electron chi connectivity index (χ0n) is 8.89. The maximum absolute atomic E-state index is 10.7. The van der Waals surface area contributed by atoms with E-state index in [-0.39, 0.29) is 24.1 Å². The fourth-order valence-corrected chi connectivity index (χ4v) is 1.93. The van der Waals surface area contributed by atoms with Gasteiger partial charge < -0.3 is 10.1 Å². The molecule has 1 aromatic carbocycles. The van der Waals surface area contributed by atoms with Crippen LogP contribution >= 0.6 is 24.0 Å². The minimum Gasteiger partial charge on any atom is -0.378 e. The highest BCUT2D eigenvalue weighted by Gasteiger charge is 2.20. The monoisotopic (exact) mass is 278 g/mol. The molecule has 0 aliphatic carbocycles. The van der Waals surface area contributed by atoms with Crippen LogP contribution in [0.3, 0.4) is 0 Å². The number of halogens is 2. The van der Waals surface area contributed by atoms with E-state index in [0.717, 1.165) is 12.1 Å². The molecule has 94 valence electrons. The second-order valence-electron chi connectivity index (χ2n) is 3.54. The summed E-state index contributed by atoms with van der Waals surface area (Å²) in [4.78, 5) is 10.2. The van der Waals surface area contributed by atoms with E-state index in [4.69, 9.17) is 16.3 Å². The molecule has 1 atom stereocenters. The smallest absolute Gasteiger partial charge is 0.269 e. The van der Waals surface area contributed by atoms with Gasteiger partial charge in [0.2, 0.25) is 0 Å². The summed E-state index contributed by atoms with van der Waals surface area (Å²) in [6.07, 6.45) is 0. The first-order valence-electron chi connectivity index (χ1n) is 4.93. The van der Waals surface area contributed by atoms with E-state index in [1.165, 1.54) is 12.1 Å². The summed E-state index contributed by atoms with van der Waals surface area (Å²) in [5.74, 6) is 0. The van der Waals surface area contributed by atoms with Gasteiger partial charge in [-0.2, -0.15) is 0 Å². The molecule has 0 saturated carbocycles. The summed E-state index contributed by atoms with van der Waals surface area (Å²) >= 11 is 6.02. The highest BCUT2D eigenvalue weighted by atomic mass is 35.5. The summed E-state index contributed by atoms with van der Waals surface area (Å²) < 4.78 is 5.30. The van der Waals surface area contributed by atoms with E-state index in [2.05, 4.69) is 5.32 Å². The van der Waals surface area contributed by atoms with Crippen LogP contribution in [-0.2, 0) is 4.74 Å². The molecular formula is C10H12Cl2N2O3. The molecule has 7 heteroatoms. The number of rotatable bonds is 2. The van der Waals surface area contributed by atoms with E-state index in [9.17, 15) is 10.1 Å². The number of nitro groups is 1. The van der Waals surface area contributed by atoms with Crippen molar-refractivity contribution in [1.82, 2.24) is 5.32 Å². The quantitative estimate of drug-likeness (QED) is 0.666. The fraction of sp³-hybridized carbons (Fsp3) is 0.400. The fourth-order valence-electron chi connectivity index (χ4n) is 1.68. The van der Waals surface area contributed by atoms with E-state index in [0.29, 0.717) is 18.2 Å². The number of non-ortho nitro benzene ring substituents is 1. The molecule has 0 bridgehead atoms. The largest absolute Gasteiger partial charge is 0.378 e. The van der Waals surface area contributed by atoms with Crippen molar-refractivity contribution in [2.75, 3.05) is 19.8 Å². The van der Waals surface area contributed by atoms with E-state index in [1.54, 1.807) is 6.07 Å². The van der Waals surface area contributed by atoms with Crippen molar-refractivity contribution in [3.05, 3.63) is 38.9 Å². The molecule has 1 aliphatic heterocycles. The molecule has 17 heavy (non-hydrogen) atoms. The first-order chi connectivity index (χ1) is 7.68. The number of benzene rings is 1. The summed E-state index contributed by atoms with van der Waals surface area (Å²) in [5, 5.41) is 14.4. The van der Waals surface area contributed by atoms with Gasteiger partial charge >= 0.3 is 0 Å². The average molecular weight is 279 g/mol. The maximum Gasteiger partial charge on any atom is 0.269 e. The Morgan fingerprint density at radius 2 is 2.29 bits per heavy atom. The van der Waals surface area contributed by atoms with Gasteiger partial charge in [-0.15, -0.1) is 12.4 Å². The zero-order valence-corrected chi connectivity index (χ0v) is 10.5. The second-order valence-corrected chi connectivity index (χ2v) is 3.95. The van der Waals surface area contributed by atoms with Crippen molar-refractivity contribution in [3.8, 4) is 0 Å². The highest BCUT2D eigenvalue weighted by molar-refractivity contribution is 6.31. The third-order valence-corrected chi connectivity index (χ3v) is 2.83. The Balaban J connectivity index is 0.00000144. The molecule has 0 unspecified atom stereocenters. The first-order valence-corrected chi connectivity index (χ1v) is 5.31. The van der Waals surface area contributed by atoms with Gasteiger partial charge in [0.15, 0.2) is 0 Å². The van der Waals surface area contributed by atoms with Crippen LogP contribution in [0.15, 0.2) is 18.2 Å². The predicted molar refractivity (Wildman–Crippen MR) is 66.9 cm³/mol. The zero-order chi connectivity index (χ0) is 11.5. The van der Waals surface area contributed by atoms with Crippen molar-refractivity contribution in [2.45, 2.75) is 6.04 Å². The van der Waals surface area contributed by atoms with Crippen LogP contribution < -0.4 is 5.32 Å². The molecule has 0 radical (unpaired) electrons. The van der Waals surface area contributed by atoms with Gasteiger partial charge in [-0.1, -0.05) is 11.6 Å². The number of nitro benzene ring substituents is 1. The van der Waals surface area contributed by atoms with Crippen molar-refractivity contribution >= 4 is 29.7 Å². The Bertz CT molecular complexity index is 409. The highest BCUT2D eigenvalue weighted by Crippen LogP contribution is 2.28. The molecule has 5 nitrogen and oxygen atoms in total. The lowest BCUT2D eigenvalue weighted by molar-refractivity contribution is -0.384. The van der Waals surface area contributed by atoms with Crippen LogP contribution in [0.2, 0.25) is 5.02 Å². The van der Waals surface area contributed by atoms with Gasteiger partial charge in [0.1, 0.15) is 0 Å². The van der Waals surface area contributed by atoms with Crippen molar-refractivity contribution in [3.63, 3.8) is 0 Å². The van der Waals surface area contributed by atoms with Gasteiger partial charge in [0.05, 0.1) is 24.2 Å². The van der Waals surface area contributed by atoms with Crippen LogP contribution in [0.1, 0.15) is 11.6 Å². The van der Waals surface area contributed by atoms with E-state index >= 15 is 0 Å². The Labute approximate surface area is 110 Å². The summed E-state index contributed by atoms with van der Waals surface area (Å²) in [7, 11) is 0. The number of nitrogens with one attached hydrogen (secondary N) is 1. The molecule has 1 aromatic rings. The number of nitrogens with zero attached hydrogens (tertiary/aromatic N) is 1. The van der Waals surface area contributed by atoms with Crippen molar-refractivity contribution < 1.29 is 9.66 Å². The van der Waals surface area contributed by atoms with E-state index < -0.39 is 4.92 Å². The number of ether oxygens (including phenoxy) is 1. The normalized spacial score (nSPS) is 19.5. The Kier molecular flexibility index (Phi) is 5.14. The van der Waals surface area contributed by atoms with Crippen LogP contribution in [0, 0.1) is 10.1 Å². The summed E-state index contributed by atoms with van der Waals surface area (Å²) in [6.45, 7) is 1.87. The number of hydrogen-bond acceptors (Lipinski definition) is 4. The van der Waals surface area contributed by atoms with Crippen molar-refractivity contribution in [1.29, 1.82) is 0 Å². The van der Waals surface area contributed by atoms with Crippen LogP contribution in [-0.4, -0.2) is 24.7 Å². The molecular weight excluding hydrogens is 267 g/mol. The molecule has 1 heterocycles. The lowest BCUT2D eigenvalue weighted by atomic mass is 10.1. The third-order valence-electron chi connectivity index (χ3n) is 2.49. The lowest BCUT2D eigenvalue weighted by Gasteiger charge is -2.24. The topological polar surface area (TPSA) is 64.4 Å². The van der Waals surface area contributed by atoms with Gasteiger partial charge in [0, 0.05) is 23.7 Å². The minimum atomic E-state index is -0.427. The van der Waals surface area contributed by atoms with Crippen LogP contribution in [0.25, 0.3) is 0 Å². The Morgan fingerprint density at radius 1 is 1.53 bits per heavy atom. The molecule has 1 aliphatic rings. The maximum atomic E-state index is 10.7. The molecule has 1 fully saturated rings. The summed E-state index contributed by atoms with van der Waals surface area (Å²) in [6, 6.07) is 4.37. The SMILES string of the molecule is Cl.O=[N+]([O-])c1ccc(Cl)c([C@@H]2COCCN2)c1. The second kappa shape index (κ2) is 6.16. The lowest BCUT2D eigenvalue weighted by Crippen LogP contribution is -2.34. The predicted octanol–water partition coefficient (Wildman–Crippen LogP) is 2.33. The average Bonchev–Trinajstić information content (AvgIpc) is 2.30. The van der Waals surface area contributed by atoms with Crippen LogP contribution in [0.4, 0.5) is 5.69 Å². The Hall–Kier alpha value is -0.880. The molecule has 0 aromatic heterocycles. The van der Waals surface area contributed by atoms with Crippen LogP contribution in [0.5, 0.6) is 0 Å². The summed E-state index contributed by atoms with van der Waals surface area (Å²) in [5.41, 5.74) is 0.766. The van der Waals surface area contributed by atoms with Gasteiger partial charge in [-0.3, -0.25) is 10.1 Å². The van der Waals surface area contributed by atoms with E-state index in [1.807, 2.05) is 0 Å².